The van der Waals surface area contributed by atoms with Crippen molar-refractivity contribution in [3.05, 3.63) is 53.3 Å². The molecule has 0 bridgehead atoms. The van der Waals surface area contributed by atoms with E-state index in [9.17, 15) is 19.2 Å². The Labute approximate surface area is 137 Å². The maximum absolute atomic E-state index is 12.3. The minimum atomic E-state index is -0.579. The van der Waals surface area contributed by atoms with E-state index in [0.717, 1.165) is 0 Å². The lowest BCUT2D eigenvalue weighted by Gasteiger charge is -2.08. The number of hydrogen-bond donors (Lipinski definition) is 0. The SMILES string of the molecule is CC(C)Cn1c(=O)c(=O)c2cc3c(cc21)c(=O)c(=O)n3CC(C)C. The molecule has 126 valence electrons. The second-order valence-corrected chi connectivity index (χ2v) is 7.16. The molecule has 0 aliphatic rings. The molecule has 2 heterocycles. The zero-order chi connectivity index (χ0) is 17.8. The van der Waals surface area contributed by atoms with Crippen molar-refractivity contribution in [1.82, 2.24) is 9.13 Å². The standard InChI is InChI=1S/C18H20N2O4/c1-9(2)7-19-13-5-12-14(6-11(13)15(21)17(19)23)20(8-10(3)4)18(24)16(12)22/h5-6,9-10H,7-8H2,1-4H3. The van der Waals surface area contributed by atoms with Crippen LogP contribution in [0.1, 0.15) is 27.7 Å². The third-order valence-electron chi connectivity index (χ3n) is 4.16. The maximum Gasteiger partial charge on any atom is 0.299 e. The highest BCUT2D eigenvalue weighted by Gasteiger charge is 2.20. The molecule has 0 saturated carbocycles. The molecule has 1 aromatic carbocycles. The van der Waals surface area contributed by atoms with Gasteiger partial charge < -0.3 is 9.13 Å². The summed E-state index contributed by atoms with van der Waals surface area (Å²) in [5.74, 6) is 0.353. The van der Waals surface area contributed by atoms with Gasteiger partial charge in [-0.15, -0.1) is 0 Å². The molecule has 0 saturated heterocycles. The van der Waals surface area contributed by atoms with Gasteiger partial charge in [0.15, 0.2) is 0 Å². The third-order valence-corrected chi connectivity index (χ3v) is 4.16. The first-order chi connectivity index (χ1) is 11.2. The van der Waals surface area contributed by atoms with Crippen LogP contribution < -0.4 is 22.0 Å². The van der Waals surface area contributed by atoms with Crippen molar-refractivity contribution >= 4 is 21.8 Å². The average Bonchev–Trinajstić information content (AvgIpc) is 2.86. The summed E-state index contributed by atoms with van der Waals surface area (Å²) >= 11 is 0. The fraction of sp³-hybridized carbons (Fsp3) is 0.444. The van der Waals surface area contributed by atoms with Crippen molar-refractivity contribution in [3.63, 3.8) is 0 Å². The van der Waals surface area contributed by atoms with Crippen molar-refractivity contribution in [2.24, 2.45) is 11.8 Å². The Morgan fingerprint density at radius 1 is 0.708 bits per heavy atom. The second kappa shape index (κ2) is 5.54. The summed E-state index contributed by atoms with van der Waals surface area (Å²) in [6.45, 7) is 8.58. The molecule has 0 N–H and O–H groups in total. The van der Waals surface area contributed by atoms with Crippen LogP contribution in [0.5, 0.6) is 0 Å². The summed E-state index contributed by atoms with van der Waals surface area (Å²) in [7, 11) is 0. The molecule has 3 rings (SSSR count). The predicted octanol–water partition coefficient (Wildman–Crippen LogP) is 1.22. The predicted molar refractivity (Wildman–Crippen MR) is 94.6 cm³/mol. The topological polar surface area (TPSA) is 78.1 Å². The van der Waals surface area contributed by atoms with Crippen LogP contribution in [0.4, 0.5) is 0 Å². The maximum atomic E-state index is 12.3. The number of benzene rings is 1. The highest BCUT2D eigenvalue weighted by atomic mass is 16.2. The van der Waals surface area contributed by atoms with Gasteiger partial charge in [-0.2, -0.15) is 0 Å². The van der Waals surface area contributed by atoms with Crippen LogP contribution >= 0.6 is 0 Å². The van der Waals surface area contributed by atoms with Crippen LogP contribution in [0, 0.1) is 11.8 Å². The Morgan fingerprint density at radius 2 is 1.04 bits per heavy atom. The number of hydrogen-bond acceptors (Lipinski definition) is 4. The molecule has 0 aliphatic carbocycles. The Balaban J connectivity index is 2.45. The van der Waals surface area contributed by atoms with Gasteiger partial charge in [-0.05, 0) is 24.0 Å². The van der Waals surface area contributed by atoms with Gasteiger partial charge in [-0.1, -0.05) is 27.7 Å². The van der Waals surface area contributed by atoms with Gasteiger partial charge in [-0.25, -0.2) is 0 Å². The van der Waals surface area contributed by atoms with Gasteiger partial charge in [0.25, 0.3) is 22.0 Å². The van der Waals surface area contributed by atoms with E-state index >= 15 is 0 Å². The zero-order valence-corrected chi connectivity index (χ0v) is 14.3. The highest BCUT2D eigenvalue weighted by molar-refractivity contribution is 5.95. The van der Waals surface area contributed by atoms with Crippen LogP contribution in [-0.2, 0) is 13.1 Å². The summed E-state index contributed by atoms with van der Waals surface area (Å²) in [5.41, 5.74) is -1.43. The van der Waals surface area contributed by atoms with Crippen LogP contribution in [-0.4, -0.2) is 9.13 Å². The van der Waals surface area contributed by atoms with E-state index < -0.39 is 22.0 Å². The Morgan fingerprint density at radius 3 is 1.33 bits per heavy atom. The largest absolute Gasteiger partial charge is 0.304 e. The first-order valence-corrected chi connectivity index (χ1v) is 8.12. The Kier molecular flexibility index (Phi) is 3.78. The van der Waals surface area contributed by atoms with Crippen molar-refractivity contribution in [2.45, 2.75) is 40.8 Å². The number of aromatic nitrogens is 2. The van der Waals surface area contributed by atoms with Gasteiger partial charge in [-0.3, -0.25) is 19.2 Å². The minimum Gasteiger partial charge on any atom is -0.304 e. The fourth-order valence-corrected chi connectivity index (χ4v) is 3.17. The Bertz CT molecular complexity index is 1050. The van der Waals surface area contributed by atoms with E-state index in [1.54, 1.807) is 0 Å². The second-order valence-electron chi connectivity index (χ2n) is 7.16. The summed E-state index contributed by atoms with van der Waals surface area (Å²) < 4.78 is 2.82. The molecule has 0 atom stereocenters. The highest BCUT2D eigenvalue weighted by Crippen LogP contribution is 2.19. The molecule has 2 aromatic heterocycles. The molecule has 24 heavy (non-hydrogen) atoms. The Hall–Kier alpha value is -2.50. The van der Waals surface area contributed by atoms with Crippen LogP contribution in [0.25, 0.3) is 21.8 Å². The van der Waals surface area contributed by atoms with E-state index in [-0.39, 0.29) is 22.6 Å². The first-order valence-electron chi connectivity index (χ1n) is 8.12. The van der Waals surface area contributed by atoms with E-state index in [1.807, 2.05) is 27.7 Å². The molecule has 6 nitrogen and oxygen atoms in total. The van der Waals surface area contributed by atoms with Gasteiger partial charge in [0.05, 0.1) is 21.8 Å². The zero-order valence-electron chi connectivity index (χ0n) is 14.3. The van der Waals surface area contributed by atoms with Gasteiger partial charge in [0.1, 0.15) is 0 Å². The first kappa shape index (κ1) is 16.4. The quantitative estimate of drug-likeness (QED) is 0.675. The third kappa shape index (κ3) is 2.33. The lowest BCUT2D eigenvalue weighted by atomic mass is 10.1. The van der Waals surface area contributed by atoms with E-state index in [1.165, 1.54) is 21.3 Å². The molecule has 0 amide bonds. The van der Waals surface area contributed by atoms with E-state index in [4.69, 9.17) is 0 Å². The molecular formula is C18H20N2O4. The van der Waals surface area contributed by atoms with Crippen LogP contribution in [0.15, 0.2) is 31.3 Å². The lowest BCUT2D eigenvalue weighted by Crippen LogP contribution is -2.28. The number of nitrogens with zero attached hydrogens (tertiary/aromatic N) is 2. The normalized spacial score (nSPS) is 12.2. The van der Waals surface area contributed by atoms with E-state index in [0.29, 0.717) is 24.1 Å². The number of rotatable bonds is 4. The van der Waals surface area contributed by atoms with Crippen molar-refractivity contribution in [2.75, 3.05) is 0 Å². The molecule has 3 aromatic rings. The van der Waals surface area contributed by atoms with Crippen molar-refractivity contribution < 1.29 is 0 Å². The molecule has 0 fully saturated rings. The average molecular weight is 328 g/mol. The molecule has 0 radical (unpaired) electrons. The van der Waals surface area contributed by atoms with Crippen molar-refractivity contribution in [1.29, 1.82) is 0 Å². The molecule has 0 spiro atoms. The minimum absolute atomic E-state index is 0.177. The molecule has 0 aliphatic heterocycles. The van der Waals surface area contributed by atoms with Crippen molar-refractivity contribution in [3.8, 4) is 0 Å². The van der Waals surface area contributed by atoms with Gasteiger partial charge in [0.2, 0.25) is 0 Å². The summed E-state index contributed by atoms with van der Waals surface area (Å²) in [4.78, 5) is 49.1. The van der Waals surface area contributed by atoms with Crippen LogP contribution in [0.3, 0.4) is 0 Å². The van der Waals surface area contributed by atoms with E-state index in [2.05, 4.69) is 0 Å². The monoisotopic (exact) mass is 328 g/mol. The lowest BCUT2D eigenvalue weighted by molar-refractivity contribution is 0.525. The fourth-order valence-electron chi connectivity index (χ4n) is 3.17. The number of fused-ring (bicyclic) bond motifs is 2. The molecule has 0 unspecified atom stereocenters. The molecular weight excluding hydrogens is 308 g/mol. The molecule has 6 heteroatoms. The van der Waals surface area contributed by atoms with Gasteiger partial charge in [0, 0.05) is 13.1 Å². The summed E-state index contributed by atoms with van der Waals surface area (Å²) in [5, 5.41) is 0.548. The summed E-state index contributed by atoms with van der Waals surface area (Å²) in [6, 6.07) is 3.05. The smallest absolute Gasteiger partial charge is 0.299 e. The summed E-state index contributed by atoms with van der Waals surface area (Å²) in [6.07, 6.45) is 0. The van der Waals surface area contributed by atoms with Gasteiger partial charge >= 0.3 is 0 Å². The van der Waals surface area contributed by atoms with Crippen LogP contribution in [0.2, 0.25) is 0 Å².